The molecule has 1 aliphatic heterocycles. The van der Waals surface area contributed by atoms with Gasteiger partial charge in [0, 0.05) is 25.2 Å². The second kappa shape index (κ2) is 7.77. The van der Waals surface area contributed by atoms with Crippen LogP contribution < -0.4 is 5.73 Å². The van der Waals surface area contributed by atoms with E-state index in [1.165, 1.54) is 51.4 Å². The van der Waals surface area contributed by atoms with Gasteiger partial charge in [0.1, 0.15) is 0 Å². The first-order chi connectivity index (χ1) is 9.70. The van der Waals surface area contributed by atoms with Crippen molar-refractivity contribution in [2.45, 2.75) is 63.8 Å². The summed E-state index contributed by atoms with van der Waals surface area (Å²) in [5.41, 5.74) is 6.46. The van der Waals surface area contributed by atoms with E-state index in [1.807, 2.05) is 0 Å². The average molecular weight is 282 g/mol. The Kier molecular flexibility index (Phi) is 6.31. The van der Waals surface area contributed by atoms with Crippen LogP contribution in [0.5, 0.6) is 0 Å². The molecule has 0 spiro atoms. The molecule has 2 rings (SSSR count). The molecule has 0 aromatic heterocycles. The van der Waals surface area contributed by atoms with E-state index in [1.54, 1.807) is 0 Å². The van der Waals surface area contributed by atoms with Crippen LogP contribution in [0.15, 0.2) is 0 Å². The maximum absolute atomic E-state index is 6.19. The fourth-order valence-corrected chi connectivity index (χ4v) is 4.19. The highest BCUT2D eigenvalue weighted by Gasteiger charge is 2.38. The van der Waals surface area contributed by atoms with Gasteiger partial charge in [0.2, 0.25) is 0 Å². The maximum atomic E-state index is 6.19. The van der Waals surface area contributed by atoms with E-state index >= 15 is 0 Å². The molecule has 0 radical (unpaired) electrons. The fraction of sp³-hybridized carbons (Fsp3) is 1.00. The van der Waals surface area contributed by atoms with Gasteiger partial charge in [0.25, 0.3) is 0 Å². The maximum Gasteiger partial charge on any atom is 0.0506 e. The zero-order valence-corrected chi connectivity index (χ0v) is 13.6. The van der Waals surface area contributed by atoms with Crippen LogP contribution in [-0.2, 0) is 4.74 Å². The number of likely N-dealkylation sites (N-methyl/N-ethyl adjacent to an activating group) is 1. The normalized spacial score (nSPS) is 35.4. The molecule has 0 bridgehead atoms. The van der Waals surface area contributed by atoms with Gasteiger partial charge in [-0.25, -0.2) is 0 Å². The minimum Gasteiger partial charge on any atom is -0.381 e. The molecule has 1 heterocycles. The number of ether oxygens (including phenoxy) is 1. The van der Waals surface area contributed by atoms with Crippen LogP contribution in [0, 0.1) is 11.8 Å². The summed E-state index contributed by atoms with van der Waals surface area (Å²) in [4.78, 5) is 2.58. The first-order valence-corrected chi connectivity index (χ1v) is 8.69. The van der Waals surface area contributed by atoms with Crippen molar-refractivity contribution in [2.24, 2.45) is 17.6 Å². The van der Waals surface area contributed by atoms with Gasteiger partial charge in [-0.15, -0.1) is 0 Å². The van der Waals surface area contributed by atoms with Crippen molar-refractivity contribution in [1.29, 1.82) is 0 Å². The molecule has 3 nitrogen and oxygen atoms in total. The highest BCUT2D eigenvalue weighted by Crippen LogP contribution is 2.37. The fourth-order valence-electron chi connectivity index (χ4n) is 4.19. The molecule has 0 aromatic carbocycles. The second-order valence-corrected chi connectivity index (χ2v) is 7.12. The molecule has 2 fully saturated rings. The van der Waals surface area contributed by atoms with Crippen LogP contribution in [0.4, 0.5) is 0 Å². The summed E-state index contributed by atoms with van der Waals surface area (Å²) in [7, 11) is 2.29. The Morgan fingerprint density at radius 3 is 2.50 bits per heavy atom. The van der Waals surface area contributed by atoms with E-state index in [4.69, 9.17) is 10.5 Å². The Balaban J connectivity index is 1.86. The molecule has 0 amide bonds. The minimum atomic E-state index is 0.266. The van der Waals surface area contributed by atoms with E-state index in [0.717, 1.165) is 32.2 Å². The molecule has 2 N–H and O–H groups in total. The third-order valence-electron chi connectivity index (χ3n) is 5.71. The summed E-state index contributed by atoms with van der Waals surface area (Å²) >= 11 is 0. The van der Waals surface area contributed by atoms with E-state index < -0.39 is 0 Å². The van der Waals surface area contributed by atoms with Gasteiger partial charge in [-0.3, -0.25) is 4.90 Å². The van der Waals surface area contributed by atoms with Crippen LogP contribution in [0.2, 0.25) is 0 Å². The molecule has 1 saturated carbocycles. The van der Waals surface area contributed by atoms with Gasteiger partial charge >= 0.3 is 0 Å². The first-order valence-electron chi connectivity index (χ1n) is 8.69. The number of hydrogen-bond acceptors (Lipinski definition) is 3. The summed E-state index contributed by atoms with van der Waals surface area (Å²) in [5, 5.41) is 0. The quantitative estimate of drug-likeness (QED) is 0.814. The molecule has 1 saturated heterocycles. The van der Waals surface area contributed by atoms with Crippen molar-refractivity contribution >= 4 is 0 Å². The van der Waals surface area contributed by atoms with E-state index in [9.17, 15) is 0 Å². The topological polar surface area (TPSA) is 38.5 Å². The van der Waals surface area contributed by atoms with Gasteiger partial charge in [-0.1, -0.05) is 19.8 Å². The summed E-state index contributed by atoms with van der Waals surface area (Å²) in [6.45, 7) is 6.19. The number of rotatable bonds is 6. The van der Waals surface area contributed by atoms with E-state index in [2.05, 4.69) is 18.9 Å². The van der Waals surface area contributed by atoms with Gasteiger partial charge in [-0.2, -0.15) is 0 Å². The van der Waals surface area contributed by atoms with Crippen LogP contribution in [0.25, 0.3) is 0 Å². The van der Waals surface area contributed by atoms with Crippen molar-refractivity contribution in [3.8, 4) is 0 Å². The van der Waals surface area contributed by atoms with Gasteiger partial charge in [0.15, 0.2) is 0 Å². The Hall–Kier alpha value is -0.120. The SMILES string of the molecule is CCCC1CCC(CN)(N(C)CC2CCCOC2)CC1. The average Bonchev–Trinajstić information content (AvgIpc) is 2.49. The lowest BCUT2D eigenvalue weighted by molar-refractivity contribution is 0.00465. The Morgan fingerprint density at radius 1 is 1.20 bits per heavy atom. The first kappa shape index (κ1) is 16.3. The standard InChI is InChI=1S/C17H34N2O/c1-3-5-15-7-9-17(14-18,10-8-15)19(2)12-16-6-4-11-20-13-16/h15-16H,3-14,18H2,1-2H3. The lowest BCUT2D eigenvalue weighted by Gasteiger charge is -2.47. The molecule has 1 aliphatic carbocycles. The molecular weight excluding hydrogens is 248 g/mol. The molecule has 20 heavy (non-hydrogen) atoms. The smallest absolute Gasteiger partial charge is 0.0506 e. The lowest BCUT2D eigenvalue weighted by atomic mass is 9.74. The van der Waals surface area contributed by atoms with Crippen LogP contribution in [0.1, 0.15) is 58.3 Å². The largest absolute Gasteiger partial charge is 0.381 e. The zero-order valence-electron chi connectivity index (χ0n) is 13.6. The van der Waals surface area contributed by atoms with Gasteiger partial charge < -0.3 is 10.5 Å². The van der Waals surface area contributed by atoms with Crippen LogP contribution in [0.3, 0.4) is 0 Å². The second-order valence-electron chi connectivity index (χ2n) is 7.12. The van der Waals surface area contributed by atoms with Crippen LogP contribution >= 0.6 is 0 Å². The van der Waals surface area contributed by atoms with Crippen molar-refractivity contribution in [1.82, 2.24) is 4.90 Å². The van der Waals surface area contributed by atoms with E-state index in [-0.39, 0.29) is 5.54 Å². The Labute approximate surface area is 125 Å². The Bertz CT molecular complexity index is 268. The summed E-state index contributed by atoms with van der Waals surface area (Å²) in [5.74, 6) is 1.66. The summed E-state index contributed by atoms with van der Waals surface area (Å²) < 4.78 is 5.63. The minimum absolute atomic E-state index is 0.266. The summed E-state index contributed by atoms with van der Waals surface area (Å²) in [6, 6.07) is 0. The van der Waals surface area contributed by atoms with Crippen molar-refractivity contribution < 1.29 is 4.74 Å². The van der Waals surface area contributed by atoms with Gasteiger partial charge in [-0.05, 0) is 57.4 Å². The molecule has 118 valence electrons. The Morgan fingerprint density at radius 2 is 1.95 bits per heavy atom. The van der Waals surface area contributed by atoms with Crippen molar-refractivity contribution in [2.75, 3.05) is 33.4 Å². The molecule has 2 aliphatic rings. The van der Waals surface area contributed by atoms with Crippen molar-refractivity contribution in [3.63, 3.8) is 0 Å². The predicted molar refractivity (Wildman–Crippen MR) is 84.8 cm³/mol. The third-order valence-corrected chi connectivity index (χ3v) is 5.71. The molecular formula is C17H34N2O. The number of nitrogens with two attached hydrogens (primary N) is 1. The molecule has 1 atom stereocenters. The van der Waals surface area contributed by atoms with Crippen LogP contribution in [-0.4, -0.2) is 43.8 Å². The summed E-state index contributed by atoms with van der Waals surface area (Å²) in [6.07, 6.45) is 10.6. The molecule has 3 heteroatoms. The number of hydrogen-bond donors (Lipinski definition) is 1. The van der Waals surface area contributed by atoms with Gasteiger partial charge in [0.05, 0.1) is 6.61 Å². The predicted octanol–water partition coefficient (Wildman–Crippen LogP) is 3.03. The van der Waals surface area contributed by atoms with Crippen molar-refractivity contribution in [3.05, 3.63) is 0 Å². The highest BCUT2D eigenvalue weighted by atomic mass is 16.5. The molecule has 1 unspecified atom stereocenters. The third kappa shape index (κ3) is 3.96. The monoisotopic (exact) mass is 282 g/mol. The van der Waals surface area contributed by atoms with E-state index in [0.29, 0.717) is 5.92 Å². The highest BCUT2D eigenvalue weighted by molar-refractivity contribution is 4.95. The zero-order chi connectivity index (χ0) is 14.4. The number of nitrogens with zero attached hydrogens (tertiary/aromatic N) is 1. The lowest BCUT2D eigenvalue weighted by Crippen LogP contribution is -2.55. The molecule has 0 aromatic rings.